The minimum Gasteiger partial charge on any atom is -0.497 e. The zero-order chi connectivity index (χ0) is 17.6. The Labute approximate surface area is 147 Å². The van der Waals surface area contributed by atoms with E-state index in [-0.39, 0.29) is 0 Å². The summed E-state index contributed by atoms with van der Waals surface area (Å²) in [7, 11) is 1.70. The molecule has 2 rings (SSSR count). The van der Waals surface area contributed by atoms with Gasteiger partial charge in [-0.05, 0) is 62.8 Å². The Hall–Kier alpha value is -1.26. The van der Waals surface area contributed by atoms with Crippen molar-refractivity contribution in [2.24, 2.45) is 5.92 Å². The molecule has 1 atom stereocenters. The third kappa shape index (κ3) is 5.99. The second-order valence-corrected chi connectivity index (χ2v) is 7.77. The summed E-state index contributed by atoms with van der Waals surface area (Å²) in [6.07, 6.45) is 4.17. The highest BCUT2D eigenvalue weighted by molar-refractivity contribution is 5.49. The molecule has 4 heteroatoms. The molecular weight excluding hydrogens is 300 g/mol. The van der Waals surface area contributed by atoms with Crippen LogP contribution in [0.2, 0.25) is 0 Å². The lowest BCUT2D eigenvalue weighted by Crippen LogP contribution is -2.47. The summed E-state index contributed by atoms with van der Waals surface area (Å²) in [5, 5.41) is 14.1. The molecule has 0 aromatic heterocycles. The molecule has 1 saturated heterocycles. The maximum absolute atomic E-state index is 10.5. The number of benzene rings is 1. The maximum Gasteiger partial charge on any atom is 0.119 e. The highest BCUT2D eigenvalue weighted by Crippen LogP contribution is 2.23. The number of nitrogens with zero attached hydrogens (tertiary/aromatic N) is 1. The zero-order valence-corrected chi connectivity index (χ0v) is 15.7. The van der Waals surface area contributed by atoms with Crippen LogP contribution in [0, 0.1) is 5.92 Å². The van der Waals surface area contributed by atoms with E-state index in [1.54, 1.807) is 7.11 Å². The Morgan fingerprint density at radius 2 is 1.88 bits per heavy atom. The molecule has 1 heterocycles. The number of methoxy groups -OCH3 is 1. The van der Waals surface area contributed by atoms with Crippen molar-refractivity contribution in [1.82, 2.24) is 5.32 Å². The Bertz CT molecular complexity index is 477. The number of hydrogen-bond donors (Lipinski definition) is 2. The van der Waals surface area contributed by atoms with Gasteiger partial charge in [0.05, 0.1) is 12.7 Å². The molecule has 2 N–H and O–H groups in total. The summed E-state index contributed by atoms with van der Waals surface area (Å²) >= 11 is 0. The molecule has 0 aliphatic carbocycles. The summed E-state index contributed by atoms with van der Waals surface area (Å²) < 4.78 is 5.22. The Balaban J connectivity index is 1.74. The van der Waals surface area contributed by atoms with E-state index in [1.165, 1.54) is 5.69 Å². The third-order valence-electron chi connectivity index (χ3n) is 4.96. The van der Waals surface area contributed by atoms with Crippen molar-refractivity contribution in [3.63, 3.8) is 0 Å². The standard InChI is InChI=1S/C20H34N2O2/c1-16(2)9-12-20(3,23)15-21-17-10-13-22(14-11-17)18-5-7-19(24-4)8-6-18/h5-8,16-17,21,23H,9-15H2,1-4H3. The van der Waals surface area contributed by atoms with Crippen LogP contribution in [-0.4, -0.2) is 43.5 Å². The van der Waals surface area contributed by atoms with E-state index in [4.69, 9.17) is 4.74 Å². The van der Waals surface area contributed by atoms with Crippen LogP contribution in [0.1, 0.15) is 46.5 Å². The fourth-order valence-electron chi connectivity index (χ4n) is 3.19. The first kappa shape index (κ1) is 19.1. The van der Waals surface area contributed by atoms with Gasteiger partial charge in [0.25, 0.3) is 0 Å². The molecule has 0 amide bonds. The van der Waals surface area contributed by atoms with Gasteiger partial charge in [0.15, 0.2) is 0 Å². The summed E-state index contributed by atoms with van der Waals surface area (Å²) in [5.74, 6) is 1.54. The first-order valence-electron chi connectivity index (χ1n) is 9.24. The van der Waals surface area contributed by atoms with Crippen molar-refractivity contribution in [3.05, 3.63) is 24.3 Å². The number of aliphatic hydroxyl groups is 1. The smallest absolute Gasteiger partial charge is 0.119 e. The van der Waals surface area contributed by atoms with E-state index < -0.39 is 5.60 Å². The second-order valence-electron chi connectivity index (χ2n) is 7.77. The van der Waals surface area contributed by atoms with Crippen molar-refractivity contribution >= 4 is 5.69 Å². The van der Waals surface area contributed by atoms with Crippen molar-refractivity contribution in [2.45, 2.75) is 58.1 Å². The van der Waals surface area contributed by atoms with Gasteiger partial charge in [0, 0.05) is 31.4 Å². The van der Waals surface area contributed by atoms with Crippen LogP contribution in [-0.2, 0) is 0 Å². The van der Waals surface area contributed by atoms with Gasteiger partial charge in [0.2, 0.25) is 0 Å². The molecule has 1 unspecified atom stereocenters. The molecule has 0 bridgehead atoms. The average molecular weight is 335 g/mol. The first-order chi connectivity index (χ1) is 11.4. The van der Waals surface area contributed by atoms with Gasteiger partial charge in [0.1, 0.15) is 5.75 Å². The number of hydrogen-bond acceptors (Lipinski definition) is 4. The van der Waals surface area contributed by atoms with E-state index in [1.807, 2.05) is 19.1 Å². The van der Waals surface area contributed by atoms with Gasteiger partial charge in [-0.3, -0.25) is 0 Å². The monoisotopic (exact) mass is 334 g/mol. The molecule has 1 aliphatic rings. The molecule has 136 valence electrons. The van der Waals surface area contributed by atoms with Gasteiger partial charge in [-0.1, -0.05) is 13.8 Å². The van der Waals surface area contributed by atoms with E-state index in [0.717, 1.165) is 44.5 Å². The molecule has 0 saturated carbocycles. The van der Waals surface area contributed by atoms with Crippen molar-refractivity contribution in [3.8, 4) is 5.75 Å². The van der Waals surface area contributed by atoms with Gasteiger partial charge in [-0.15, -0.1) is 0 Å². The molecule has 1 aromatic carbocycles. The number of anilines is 1. The summed E-state index contributed by atoms with van der Waals surface area (Å²) in [6, 6.07) is 8.80. The van der Waals surface area contributed by atoms with Gasteiger partial charge in [-0.25, -0.2) is 0 Å². The van der Waals surface area contributed by atoms with Crippen molar-refractivity contribution < 1.29 is 9.84 Å². The number of rotatable bonds is 8. The zero-order valence-electron chi connectivity index (χ0n) is 15.7. The maximum atomic E-state index is 10.5. The van der Waals surface area contributed by atoms with Crippen LogP contribution < -0.4 is 15.0 Å². The van der Waals surface area contributed by atoms with E-state index >= 15 is 0 Å². The number of nitrogens with one attached hydrogen (secondary N) is 1. The molecule has 1 aromatic rings. The summed E-state index contributed by atoms with van der Waals surface area (Å²) in [6.45, 7) is 9.16. The molecule has 0 spiro atoms. The molecule has 1 fully saturated rings. The lowest BCUT2D eigenvalue weighted by atomic mass is 9.94. The van der Waals surface area contributed by atoms with E-state index in [9.17, 15) is 5.11 Å². The molecular formula is C20H34N2O2. The van der Waals surface area contributed by atoms with Gasteiger partial charge < -0.3 is 20.1 Å². The molecule has 4 nitrogen and oxygen atoms in total. The third-order valence-corrected chi connectivity index (χ3v) is 4.96. The minimum absolute atomic E-state index is 0.505. The van der Waals surface area contributed by atoms with Gasteiger partial charge >= 0.3 is 0 Å². The summed E-state index contributed by atoms with van der Waals surface area (Å²) in [5.41, 5.74) is 0.662. The van der Waals surface area contributed by atoms with Crippen LogP contribution >= 0.6 is 0 Å². The van der Waals surface area contributed by atoms with Crippen LogP contribution in [0.4, 0.5) is 5.69 Å². The first-order valence-corrected chi connectivity index (χ1v) is 9.24. The number of piperidine rings is 1. The fraction of sp³-hybridized carbons (Fsp3) is 0.700. The predicted octanol–water partition coefficient (Wildman–Crippen LogP) is 3.44. The number of ether oxygens (including phenoxy) is 1. The Morgan fingerprint density at radius 3 is 2.42 bits per heavy atom. The van der Waals surface area contributed by atoms with Gasteiger partial charge in [-0.2, -0.15) is 0 Å². The van der Waals surface area contributed by atoms with Crippen LogP contribution in [0.25, 0.3) is 0 Å². The highest BCUT2D eigenvalue weighted by Gasteiger charge is 2.24. The predicted molar refractivity (Wildman–Crippen MR) is 101 cm³/mol. The van der Waals surface area contributed by atoms with Crippen molar-refractivity contribution in [1.29, 1.82) is 0 Å². The fourth-order valence-corrected chi connectivity index (χ4v) is 3.19. The lowest BCUT2D eigenvalue weighted by Gasteiger charge is -2.35. The summed E-state index contributed by atoms with van der Waals surface area (Å²) in [4.78, 5) is 2.43. The van der Waals surface area contributed by atoms with Crippen LogP contribution in [0.15, 0.2) is 24.3 Å². The second kappa shape index (κ2) is 8.72. The minimum atomic E-state index is -0.600. The lowest BCUT2D eigenvalue weighted by molar-refractivity contribution is 0.0417. The highest BCUT2D eigenvalue weighted by atomic mass is 16.5. The molecule has 24 heavy (non-hydrogen) atoms. The molecule has 0 radical (unpaired) electrons. The van der Waals surface area contributed by atoms with Crippen molar-refractivity contribution in [2.75, 3.05) is 31.6 Å². The normalized spacial score (nSPS) is 18.7. The average Bonchev–Trinajstić information content (AvgIpc) is 2.59. The SMILES string of the molecule is COc1ccc(N2CCC(NCC(C)(O)CCC(C)C)CC2)cc1. The van der Waals surface area contributed by atoms with E-state index in [2.05, 4.69) is 36.2 Å². The van der Waals surface area contributed by atoms with Crippen LogP contribution in [0.3, 0.4) is 0 Å². The Kier molecular flexibility index (Phi) is 6.93. The van der Waals surface area contributed by atoms with Crippen LogP contribution in [0.5, 0.6) is 5.75 Å². The topological polar surface area (TPSA) is 44.7 Å². The Morgan fingerprint density at radius 1 is 1.25 bits per heavy atom. The quantitative estimate of drug-likeness (QED) is 0.764. The van der Waals surface area contributed by atoms with E-state index in [0.29, 0.717) is 18.5 Å². The molecule has 1 aliphatic heterocycles. The largest absolute Gasteiger partial charge is 0.497 e.